The van der Waals surface area contributed by atoms with Crippen LogP contribution in [0.5, 0.6) is 0 Å². The second-order valence-corrected chi connectivity index (χ2v) is 7.66. The third-order valence-corrected chi connectivity index (χ3v) is 5.52. The summed E-state index contributed by atoms with van der Waals surface area (Å²) in [5.74, 6) is 0.273. The molecule has 0 aromatic heterocycles. The van der Waals surface area contributed by atoms with Crippen molar-refractivity contribution < 1.29 is 9.59 Å². The summed E-state index contributed by atoms with van der Waals surface area (Å²) in [5.41, 5.74) is 0. The van der Waals surface area contributed by atoms with E-state index in [2.05, 4.69) is 13.8 Å². The largest absolute Gasteiger partial charge is 0.329 e. The first kappa shape index (κ1) is 14.7. The number of amides is 2. The highest BCUT2D eigenvalue weighted by molar-refractivity contribution is 7.99. The molecule has 5 heteroatoms. The Morgan fingerprint density at radius 1 is 1.26 bits per heavy atom. The molecule has 0 aromatic carbocycles. The van der Waals surface area contributed by atoms with Crippen molar-refractivity contribution in [3.8, 4) is 0 Å². The Labute approximate surface area is 119 Å². The summed E-state index contributed by atoms with van der Waals surface area (Å²) in [5, 5.41) is 0. The van der Waals surface area contributed by atoms with Crippen molar-refractivity contribution in [1.82, 2.24) is 9.80 Å². The van der Waals surface area contributed by atoms with Gasteiger partial charge in [-0.2, -0.15) is 11.8 Å². The SMILES string of the molecule is CSC(C)(C)CN1C(=O)C2CCCCN2C(=O)C1C. The fraction of sp³-hybridized carbons (Fsp3) is 0.857. The molecule has 0 aromatic rings. The number of hydrogen-bond acceptors (Lipinski definition) is 3. The Bertz CT molecular complexity index is 384. The maximum atomic E-state index is 12.6. The molecule has 2 atom stereocenters. The number of nitrogens with zero attached hydrogens (tertiary/aromatic N) is 2. The number of piperazine rings is 1. The molecule has 4 nitrogen and oxygen atoms in total. The minimum absolute atomic E-state index is 0.0129. The van der Waals surface area contributed by atoms with Gasteiger partial charge in [0.15, 0.2) is 0 Å². The second kappa shape index (κ2) is 5.35. The predicted molar refractivity (Wildman–Crippen MR) is 78.1 cm³/mol. The molecule has 2 saturated heterocycles. The van der Waals surface area contributed by atoms with E-state index >= 15 is 0 Å². The van der Waals surface area contributed by atoms with Gasteiger partial charge in [-0.25, -0.2) is 0 Å². The molecule has 2 aliphatic heterocycles. The molecular formula is C14H24N2O2S. The van der Waals surface area contributed by atoms with Crippen LogP contribution < -0.4 is 0 Å². The van der Waals surface area contributed by atoms with Crippen LogP contribution in [0.2, 0.25) is 0 Å². The smallest absolute Gasteiger partial charge is 0.246 e. The van der Waals surface area contributed by atoms with Crippen molar-refractivity contribution in [2.45, 2.75) is 56.9 Å². The summed E-state index contributed by atoms with van der Waals surface area (Å²) < 4.78 is -0.0129. The van der Waals surface area contributed by atoms with Gasteiger partial charge in [0, 0.05) is 17.8 Å². The number of rotatable bonds is 3. The lowest BCUT2D eigenvalue weighted by Gasteiger charge is -2.47. The lowest BCUT2D eigenvalue weighted by atomic mass is 9.95. The van der Waals surface area contributed by atoms with E-state index in [0.717, 1.165) is 25.8 Å². The highest BCUT2D eigenvalue weighted by Gasteiger charge is 2.45. The van der Waals surface area contributed by atoms with E-state index in [9.17, 15) is 9.59 Å². The van der Waals surface area contributed by atoms with Crippen LogP contribution in [0.1, 0.15) is 40.0 Å². The van der Waals surface area contributed by atoms with Crippen molar-refractivity contribution in [3.05, 3.63) is 0 Å². The van der Waals surface area contributed by atoms with E-state index in [-0.39, 0.29) is 28.6 Å². The second-order valence-electron chi connectivity index (χ2n) is 6.15. The maximum absolute atomic E-state index is 12.6. The van der Waals surface area contributed by atoms with Crippen LogP contribution in [-0.4, -0.2) is 57.8 Å². The van der Waals surface area contributed by atoms with Gasteiger partial charge < -0.3 is 9.80 Å². The summed E-state index contributed by atoms with van der Waals surface area (Å²) in [6.07, 6.45) is 4.95. The zero-order valence-electron chi connectivity index (χ0n) is 12.3. The highest BCUT2D eigenvalue weighted by Crippen LogP contribution is 2.30. The topological polar surface area (TPSA) is 40.6 Å². The Kier molecular flexibility index (Phi) is 4.14. The number of piperidine rings is 1. The van der Waals surface area contributed by atoms with Crippen LogP contribution in [0.15, 0.2) is 0 Å². The molecule has 2 fully saturated rings. The zero-order valence-corrected chi connectivity index (χ0v) is 13.1. The van der Waals surface area contributed by atoms with Crippen LogP contribution in [0.3, 0.4) is 0 Å². The fourth-order valence-corrected chi connectivity index (χ4v) is 3.17. The van der Waals surface area contributed by atoms with Crippen LogP contribution in [0.4, 0.5) is 0 Å². The van der Waals surface area contributed by atoms with Crippen LogP contribution in [-0.2, 0) is 9.59 Å². The van der Waals surface area contributed by atoms with Gasteiger partial charge in [-0.1, -0.05) is 0 Å². The van der Waals surface area contributed by atoms with Crippen molar-refractivity contribution in [3.63, 3.8) is 0 Å². The average molecular weight is 284 g/mol. The van der Waals surface area contributed by atoms with Crippen LogP contribution in [0, 0.1) is 0 Å². The number of fused-ring (bicyclic) bond motifs is 1. The first-order chi connectivity index (χ1) is 8.87. The predicted octanol–water partition coefficient (Wildman–Crippen LogP) is 1.74. The van der Waals surface area contributed by atoms with Gasteiger partial charge in [-0.15, -0.1) is 0 Å². The standard InChI is InChI=1S/C14H24N2O2S/c1-10-12(17)15-8-6-5-7-11(15)13(18)16(10)9-14(2,3)19-4/h10-11H,5-9H2,1-4H3. The maximum Gasteiger partial charge on any atom is 0.246 e. The van der Waals surface area contributed by atoms with E-state index in [0.29, 0.717) is 6.54 Å². The van der Waals surface area contributed by atoms with Crippen LogP contribution >= 0.6 is 11.8 Å². The van der Waals surface area contributed by atoms with E-state index < -0.39 is 0 Å². The number of carbonyl (C=O) groups excluding carboxylic acids is 2. The average Bonchev–Trinajstić information content (AvgIpc) is 2.41. The number of hydrogen-bond donors (Lipinski definition) is 0. The van der Waals surface area contributed by atoms with Crippen molar-refractivity contribution in [1.29, 1.82) is 0 Å². The summed E-state index contributed by atoms with van der Waals surface area (Å²) in [6, 6.07) is -0.511. The van der Waals surface area contributed by atoms with E-state index in [4.69, 9.17) is 0 Å². The van der Waals surface area contributed by atoms with E-state index in [1.54, 1.807) is 21.6 Å². The molecule has 0 radical (unpaired) electrons. The van der Waals surface area contributed by atoms with Gasteiger partial charge in [0.1, 0.15) is 12.1 Å². The molecule has 0 bridgehead atoms. The van der Waals surface area contributed by atoms with Gasteiger partial charge in [-0.3, -0.25) is 9.59 Å². The first-order valence-electron chi connectivity index (χ1n) is 7.03. The van der Waals surface area contributed by atoms with Crippen molar-refractivity contribution in [2.24, 2.45) is 0 Å². The lowest BCUT2D eigenvalue weighted by molar-refractivity contribution is -0.163. The molecule has 0 spiro atoms. The third kappa shape index (κ3) is 2.76. The molecule has 19 heavy (non-hydrogen) atoms. The Morgan fingerprint density at radius 3 is 2.58 bits per heavy atom. The lowest BCUT2D eigenvalue weighted by Crippen LogP contribution is -2.66. The first-order valence-corrected chi connectivity index (χ1v) is 8.26. The molecule has 2 rings (SSSR count). The molecule has 2 aliphatic rings. The minimum atomic E-state index is -0.312. The zero-order chi connectivity index (χ0) is 14.2. The normalized spacial score (nSPS) is 28.6. The summed E-state index contributed by atoms with van der Waals surface area (Å²) in [7, 11) is 0. The van der Waals surface area contributed by atoms with Gasteiger partial charge in [-0.05, 0) is 46.3 Å². The quantitative estimate of drug-likeness (QED) is 0.792. The summed E-state index contributed by atoms with van der Waals surface area (Å²) >= 11 is 1.74. The molecular weight excluding hydrogens is 260 g/mol. The van der Waals surface area contributed by atoms with Gasteiger partial charge in [0.05, 0.1) is 0 Å². The third-order valence-electron chi connectivity index (χ3n) is 4.28. The van der Waals surface area contributed by atoms with E-state index in [1.807, 2.05) is 13.2 Å². The Morgan fingerprint density at radius 2 is 1.95 bits per heavy atom. The molecule has 2 amide bonds. The Balaban J connectivity index is 2.20. The molecule has 108 valence electrons. The van der Waals surface area contributed by atoms with Crippen molar-refractivity contribution >= 4 is 23.6 Å². The monoisotopic (exact) mass is 284 g/mol. The number of carbonyl (C=O) groups is 2. The summed E-state index contributed by atoms with van der Waals surface area (Å²) in [4.78, 5) is 28.6. The summed E-state index contributed by atoms with van der Waals surface area (Å²) in [6.45, 7) is 7.50. The van der Waals surface area contributed by atoms with Gasteiger partial charge >= 0.3 is 0 Å². The molecule has 2 unspecified atom stereocenters. The van der Waals surface area contributed by atoms with Gasteiger partial charge in [0.2, 0.25) is 11.8 Å². The fourth-order valence-electron chi connectivity index (χ4n) is 2.90. The Hall–Kier alpha value is -0.710. The minimum Gasteiger partial charge on any atom is -0.329 e. The van der Waals surface area contributed by atoms with Crippen LogP contribution in [0.25, 0.3) is 0 Å². The molecule has 0 N–H and O–H groups in total. The number of thioether (sulfide) groups is 1. The molecule has 0 saturated carbocycles. The molecule has 2 heterocycles. The van der Waals surface area contributed by atoms with Gasteiger partial charge in [0.25, 0.3) is 0 Å². The van der Waals surface area contributed by atoms with E-state index in [1.165, 1.54) is 0 Å². The molecule has 0 aliphatic carbocycles. The highest BCUT2D eigenvalue weighted by atomic mass is 32.2. The van der Waals surface area contributed by atoms with Crippen molar-refractivity contribution in [2.75, 3.05) is 19.3 Å².